The topological polar surface area (TPSA) is 70.8 Å². The van der Waals surface area contributed by atoms with Gasteiger partial charge < -0.3 is 10.1 Å². The summed E-state index contributed by atoms with van der Waals surface area (Å²) in [7, 11) is 0. The van der Waals surface area contributed by atoms with E-state index in [2.05, 4.69) is 0 Å². The fourth-order valence-corrected chi connectivity index (χ4v) is 4.25. The van der Waals surface area contributed by atoms with Crippen LogP contribution in [0.4, 0.5) is 23.7 Å². The summed E-state index contributed by atoms with van der Waals surface area (Å²) in [4.78, 5) is 15.8. The molecule has 4 rings (SSSR count). The Morgan fingerprint density at radius 1 is 1.24 bits per heavy atom. The fourth-order valence-electron chi connectivity index (χ4n) is 4.25. The maximum atomic E-state index is 13.2. The lowest BCUT2D eigenvalue weighted by Gasteiger charge is -2.29. The largest absolute Gasteiger partial charge is 0.417 e. The number of hydrogen-bond donors (Lipinski definition) is 1. The van der Waals surface area contributed by atoms with Crippen LogP contribution in [0.1, 0.15) is 17.5 Å². The smallest absolute Gasteiger partial charge is 0.315 e. The molecular weight excluding hydrogens is 337 g/mol. The molecule has 6 nitrogen and oxygen atoms in total. The molecular formula is C16H15F3N4O2. The number of hydrogen-bond acceptors (Lipinski definition) is 4. The van der Waals surface area contributed by atoms with Gasteiger partial charge in [-0.1, -0.05) is 0 Å². The second kappa shape index (κ2) is 5.34. The number of rotatable bonds is 1. The Kier molecular flexibility index (Phi) is 3.46. The third kappa shape index (κ3) is 2.44. The standard InChI is InChI=1S/C16H15F3N4O2/c17-16(18,19)13-4-11(2-1-9(13)5-20)22-8-14-10-3-12(7-21(25)6-10)23(14)15(22)24/h1-2,4,10,12,14,25H,3,6-8H2/t10-,12+,14-/m0/s1. The Balaban J connectivity index is 1.67. The van der Waals surface area contributed by atoms with E-state index in [1.54, 1.807) is 11.0 Å². The minimum Gasteiger partial charge on any atom is -0.315 e. The van der Waals surface area contributed by atoms with Gasteiger partial charge in [0.15, 0.2) is 0 Å². The molecule has 3 aliphatic rings. The first kappa shape index (κ1) is 16.2. The highest BCUT2D eigenvalue weighted by atomic mass is 19.4. The molecule has 3 fully saturated rings. The summed E-state index contributed by atoms with van der Waals surface area (Å²) in [5.74, 6) is 0.109. The van der Waals surface area contributed by atoms with Gasteiger partial charge in [0.1, 0.15) is 0 Å². The molecule has 1 aromatic rings. The summed E-state index contributed by atoms with van der Waals surface area (Å²) in [6.07, 6.45) is -3.85. The Morgan fingerprint density at radius 3 is 2.68 bits per heavy atom. The van der Waals surface area contributed by atoms with Crippen LogP contribution in [0.3, 0.4) is 0 Å². The first-order chi connectivity index (χ1) is 11.8. The number of urea groups is 1. The van der Waals surface area contributed by atoms with E-state index in [4.69, 9.17) is 5.26 Å². The van der Waals surface area contributed by atoms with Crippen LogP contribution >= 0.6 is 0 Å². The summed E-state index contributed by atoms with van der Waals surface area (Å²) in [6.45, 7) is 1.10. The van der Waals surface area contributed by atoms with Gasteiger partial charge in [-0.3, -0.25) is 4.90 Å². The van der Waals surface area contributed by atoms with Crippen LogP contribution in [0.25, 0.3) is 0 Å². The number of fused-ring (bicyclic) bond motifs is 5. The van der Waals surface area contributed by atoms with E-state index in [0.29, 0.717) is 13.1 Å². The van der Waals surface area contributed by atoms with E-state index in [-0.39, 0.29) is 36.3 Å². The maximum Gasteiger partial charge on any atom is 0.417 e. The lowest BCUT2D eigenvalue weighted by atomic mass is 9.95. The quantitative estimate of drug-likeness (QED) is 0.842. The first-order valence-corrected chi connectivity index (χ1v) is 7.94. The third-order valence-electron chi connectivity index (χ3n) is 5.30. The van der Waals surface area contributed by atoms with E-state index in [1.807, 2.05) is 0 Å². The van der Waals surface area contributed by atoms with Crippen molar-refractivity contribution in [3.05, 3.63) is 29.3 Å². The molecule has 3 atom stereocenters. The molecule has 1 N–H and O–H groups in total. The van der Waals surface area contributed by atoms with Crippen LogP contribution < -0.4 is 4.90 Å². The van der Waals surface area contributed by atoms with Crippen molar-refractivity contribution in [1.82, 2.24) is 9.96 Å². The average molecular weight is 352 g/mol. The van der Waals surface area contributed by atoms with Crippen LogP contribution in [-0.4, -0.2) is 52.9 Å². The Labute approximate surface area is 141 Å². The van der Waals surface area contributed by atoms with Crippen LogP contribution in [0.5, 0.6) is 0 Å². The van der Waals surface area contributed by atoms with Crippen LogP contribution in [0.15, 0.2) is 18.2 Å². The third-order valence-corrected chi connectivity index (χ3v) is 5.30. The van der Waals surface area contributed by atoms with Gasteiger partial charge >= 0.3 is 12.2 Å². The van der Waals surface area contributed by atoms with Crippen LogP contribution in [0.2, 0.25) is 0 Å². The molecule has 1 aromatic carbocycles. The van der Waals surface area contributed by atoms with E-state index in [1.165, 1.54) is 16.0 Å². The van der Waals surface area contributed by atoms with Gasteiger partial charge in [-0.15, -0.1) is 0 Å². The molecule has 0 unspecified atom stereocenters. The van der Waals surface area contributed by atoms with Gasteiger partial charge in [-0.2, -0.15) is 23.5 Å². The zero-order chi connectivity index (χ0) is 17.9. The van der Waals surface area contributed by atoms with Gasteiger partial charge in [-0.25, -0.2) is 4.79 Å². The number of anilines is 1. The molecule has 9 heteroatoms. The zero-order valence-corrected chi connectivity index (χ0v) is 13.1. The molecule has 0 saturated carbocycles. The molecule has 0 aromatic heterocycles. The predicted molar refractivity (Wildman–Crippen MR) is 79.8 cm³/mol. The molecule has 2 bridgehead atoms. The second-order valence-corrected chi connectivity index (χ2v) is 6.73. The Bertz CT molecular complexity index is 774. The van der Waals surface area contributed by atoms with E-state index < -0.39 is 17.3 Å². The molecule has 25 heavy (non-hydrogen) atoms. The van der Waals surface area contributed by atoms with Gasteiger partial charge in [0, 0.05) is 31.4 Å². The van der Waals surface area contributed by atoms with Gasteiger partial charge in [0.05, 0.1) is 23.2 Å². The highest BCUT2D eigenvalue weighted by Gasteiger charge is 2.54. The number of piperidine rings is 1. The normalized spacial score (nSPS) is 29.1. The molecule has 3 heterocycles. The number of carbonyl (C=O) groups excluding carboxylic acids is 1. The second-order valence-electron chi connectivity index (χ2n) is 6.73. The molecule has 2 amide bonds. The molecule has 3 saturated heterocycles. The number of nitriles is 1. The maximum absolute atomic E-state index is 13.2. The molecule has 132 valence electrons. The van der Waals surface area contributed by atoms with E-state index >= 15 is 0 Å². The molecule has 0 radical (unpaired) electrons. The van der Waals surface area contributed by atoms with Crippen LogP contribution in [0, 0.1) is 17.2 Å². The number of benzene rings is 1. The average Bonchev–Trinajstić information content (AvgIpc) is 3.02. The Morgan fingerprint density at radius 2 is 2.00 bits per heavy atom. The van der Waals surface area contributed by atoms with Gasteiger partial charge in [0.2, 0.25) is 0 Å². The summed E-state index contributed by atoms with van der Waals surface area (Å²) < 4.78 is 39.5. The number of alkyl halides is 3. The summed E-state index contributed by atoms with van der Waals surface area (Å²) in [5.41, 5.74) is -1.35. The minimum atomic E-state index is -4.66. The summed E-state index contributed by atoms with van der Waals surface area (Å²) in [6, 6.07) is 4.32. The van der Waals surface area contributed by atoms with Crippen molar-refractivity contribution < 1.29 is 23.2 Å². The van der Waals surface area contributed by atoms with Crippen molar-refractivity contribution in [2.45, 2.75) is 24.7 Å². The number of halogens is 3. The Hall–Kier alpha value is -2.31. The first-order valence-electron chi connectivity index (χ1n) is 7.94. The SMILES string of the molecule is N#Cc1ccc(N2C[C@H]3[C@H]4C[C@H](CN(O)C4)N3C2=O)cc1C(F)(F)F. The number of nitrogens with zero attached hydrogens (tertiary/aromatic N) is 4. The minimum absolute atomic E-state index is 0.109. The van der Waals surface area contributed by atoms with Crippen molar-refractivity contribution in [3.8, 4) is 6.07 Å². The van der Waals surface area contributed by atoms with Gasteiger partial charge in [-0.05, 0) is 30.5 Å². The molecule has 0 aliphatic carbocycles. The van der Waals surface area contributed by atoms with Crippen molar-refractivity contribution >= 4 is 11.7 Å². The fraction of sp³-hybridized carbons (Fsp3) is 0.500. The zero-order valence-electron chi connectivity index (χ0n) is 13.1. The highest BCUT2D eigenvalue weighted by molar-refractivity contribution is 5.95. The summed E-state index contributed by atoms with van der Waals surface area (Å²) >= 11 is 0. The number of hydroxylamine groups is 2. The monoisotopic (exact) mass is 352 g/mol. The summed E-state index contributed by atoms with van der Waals surface area (Å²) in [5, 5.41) is 19.8. The lowest BCUT2D eigenvalue weighted by Crippen LogP contribution is -2.44. The van der Waals surface area contributed by atoms with Crippen LogP contribution in [-0.2, 0) is 6.18 Å². The lowest BCUT2D eigenvalue weighted by molar-refractivity contribution is -0.137. The van der Waals surface area contributed by atoms with Crippen molar-refractivity contribution in [2.24, 2.45) is 5.92 Å². The highest BCUT2D eigenvalue weighted by Crippen LogP contribution is 2.42. The van der Waals surface area contributed by atoms with E-state index in [9.17, 15) is 23.2 Å². The van der Waals surface area contributed by atoms with Crippen molar-refractivity contribution in [3.63, 3.8) is 0 Å². The van der Waals surface area contributed by atoms with Crippen molar-refractivity contribution in [2.75, 3.05) is 24.5 Å². The number of amides is 2. The molecule has 3 aliphatic heterocycles. The number of carbonyl (C=O) groups is 1. The van der Waals surface area contributed by atoms with Gasteiger partial charge in [0.25, 0.3) is 0 Å². The van der Waals surface area contributed by atoms with E-state index in [0.717, 1.165) is 18.6 Å². The predicted octanol–water partition coefficient (Wildman–Crippen LogP) is 2.28. The molecule has 0 spiro atoms. The van der Waals surface area contributed by atoms with Crippen molar-refractivity contribution in [1.29, 1.82) is 5.26 Å².